The van der Waals surface area contributed by atoms with Crippen molar-refractivity contribution in [2.24, 2.45) is 0 Å². The van der Waals surface area contributed by atoms with Crippen molar-refractivity contribution in [1.29, 1.82) is 0 Å². The molecule has 2 aromatic carbocycles. The van der Waals surface area contributed by atoms with E-state index in [1.807, 2.05) is 52.0 Å². The monoisotopic (exact) mass is 411 g/mol. The first-order chi connectivity index (χ1) is 14.2. The quantitative estimate of drug-likeness (QED) is 0.502. The lowest BCUT2D eigenvalue weighted by Crippen LogP contribution is -2.50. The number of carbonyl (C=O) groups is 2. The summed E-state index contributed by atoms with van der Waals surface area (Å²) in [6.45, 7) is 7.80. The third-order valence-electron chi connectivity index (χ3n) is 4.95. The number of benzene rings is 2. The van der Waals surface area contributed by atoms with Gasteiger partial charge in [0.2, 0.25) is 11.8 Å². The van der Waals surface area contributed by atoms with Crippen LogP contribution >= 0.6 is 0 Å². The van der Waals surface area contributed by atoms with Gasteiger partial charge in [0.15, 0.2) is 0 Å². The van der Waals surface area contributed by atoms with E-state index in [4.69, 9.17) is 0 Å². The number of hydrogen-bond acceptors (Lipinski definition) is 4. The van der Waals surface area contributed by atoms with Gasteiger partial charge in [0.1, 0.15) is 6.04 Å². The van der Waals surface area contributed by atoms with Gasteiger partial charge in [-0.3, -0.25) is 19.7 Å². The number of nitro groups is 1. The van der Waals surface area contributed by atoms with E-state index in [0.29, 0.717) is 12.0 Å². The van der Waals surface area contributed by atoms with Crippen LogP contribution < -0.4 is 5.32 Å². The molecule has 0 aliphatic heterocycles. The zero-order valence-corrected chi connectivity index (χ0v) is 17.9. The van der Waals surface area contributed by atoms with Crippen LogP contribution in [-0.2, 0) is 22.6 Å². The molecular formula is C23H29N3O4. The number of para-hydroxylation sites is 1. The highest BCUT2D eigenvalue weighted by molar-refractivity contribution is 5.89. The molecule has 0 fully saturated rings. The molecular weight excluding hydrogens is 382 g/mol. The molecule has 0 saturated heterocycles. The smallest absolute Gasteiger partial charge is 0.273 e. The molecule has 0 aliphatic carbocycles. The number of amides is 2. The zero-order chi connectivity index (χ0) is 22.3. The highest BCUT2D eigenvalue weighted by Gasteiger charge is 2.30. The standard InChI is InChI=1S/C23H29N3O4/c1-5-20(23(28)24-16(2)3)25(15-19-12-7-6-10-17(19)4)22(27)14-18-11-8-9-13-21(18)26(29)30/h6-13,16,20H,5,14-15H2,1-4H3,(H,24,28)/t20-/m1/s1. The van der Waals surface area contributed by atoms with Crippen molar-refractivity contribution < 1.29 is 14.5 Å². The van der Waals surface area contributed by atoms with Crippen LogP contribution in [0.25, 0.3) is 0 Å². The van der Waals surface area contributed by atoms with Gasteiger partial charge in [-0.25, -0.2) is 0 Å². The van der Waals surface area contributed by atoms with Gasteiger partial charge < -0.3 is 10.2 Å². The number of rotatable bonds is 9. The minimum absolute atomic E-state index is 0.0582. The maximum atomic E-state index is 13.3. The lowest BCUT2D eigenvalue weighted by atomic mass is 10.0. The van der Waals surface area contributed by atoms with E-state index in [-0.39, 0.29) is 36.5 Å². The summed E-state index contributed by atoms with van der Waals surface area (Å²) in [5.74, 6) is -0.546. The van der Waals surface area contributed by atoms with E-state index in [1.165, 1.54) is 11.0 Å². The molecule has 2 amide bonds. The normalized spacial score (nSPS) is 11.8. The average Bonchev–Trinajstić information content (AvgIpc) is 2.68. The van der Waals surface area contributed by atoms with E-state index in [0.717, 1.165) is 11.1 Å². The van der Waals surface area contributed by atoms with Crippen molar-refractivity contribution >= 4 is 17.5 Å². The van der Waals surface area contributed by atoms with Crippen LogP contribution in [0, 0.1) is 17.0 Å². The Kier molecular flexibility index (Phi) is 8.09. The van der Waals surface area contributed by atoms with E-state index in [1.54, 1.807) is 18.2 Å². The summed E-state index contributed by atoms with van der Waals surface area (Å²) in [5.41, 5.74) is 2.19. The number of nitrogens with one attached hydrogen (secondary N) is 1. The van der Waals surface area contributed by atoms with Crippen molar-refractivity contribution in [2.75, 3.05) is 0 Å². The molecule has 2 aromatic rings. The fraction of sp³-hybridized carbons (Fsp3) is 0.391. The summed E-state index contributed by atoms with van der Waals surface area (Å²) in [6, 6.07) is 13.2. The minimum Gasteiger partial charge on any atom is -0.352 e. The third kappa shape index (κ3) is 5.89. The third-order valence-corrected chi connectivity index (χ3v) is 4.95. The molecule has 1 atom stereocenters. The topological polar surface area (TPSA) is 92.6 Å². The van der Waals surface area contributed by atoms with Gasteiger partial charge in [-0.1, -0.05) is 49.4 Å². The molecule has 0 heterocycles. The van der Waals surface area contributed by atoms with Gasteiger partial charge >= 0.3 is 0 Å². The highest BCUT2D eigenvalue weighted by Crippen LogP contribution is 2.21. The Balaban J connectivity index is 2.39. The van der Waals surface area contributed by atoms with E-state index >= 15 is 0 Å². The first-order valence-corrected chi connectivity index (χ1v) is 10.1. The van der Waals surface area contributed by atoms with E-state index < -0.39 is 11.0 Å². The number of nitro benzene ring substituents is 1. The van der Waals surface area contributed by atoms with Crippen molar-refractivity contribution in [2.45, 2.75) is 59.2 Å². The van der Waals surface area contributed by atoms with Crippen molar-refractivity contribution in [1.82, 2.24) is 10.2 Å². The van der Waals surface area contributed by atoms with Gasteiger partial charge in [-0.2, -0.15) is 0 Å². The summed E-state index contributed by atoms with van der Waals surface area (Å²) in [7, 11) is 0. The predicted octanol–water partition coefficient (Wildman–Crippen LogP) is 3.78. The molecule has 7 nitrogen and oxygen atoms in total. The molecule has 0 radical (unpaired) electrons. The second kappa shape index (κ2) is 10.5. The largest absolute Gasteiger partial charge is 0.352 e. The van der Waals surface area contributed by atoms with Crippen LogP contribution in [0.15, 0.2) is 48.5 Å². The predicted molar refractivity (Wildman–Crippen MR) is 116 cm³/mol. The van der Waals surface area contributed by atoms with Crippen LogP contribution in [0.5, 0.6) is 0 Å². The molecule has 0 unspecified atom stereocenters. The molecule has 30 heavy (non-hydrogen) atoms. The molecule has 2 rings (SSSR count). The Morgan fingerprint density at radius 1 is 1.07 bits per heavy atom. The summed E-state index contributed by atoms with van der Waals surface area (Å²) in [6.07, 6.45) is 0.293. The number of carbonyl (C=O) groups excluding carboxylic acids is 2. The molecule has 160 valence electrons. The molecule has 0 spiro atoms. The molecule has 1 N–H and O–H groups in total. The van der Waals surface area contributed by atoms with Gasteiger partial charge in [-0.05, 0) is 38.3 Å². The van der Waals surface area contributed by atoms with E-state index in [2.05, 4.69) is 5.32 Å². The van der Waals surface area contributed by atoms with Crippen molar-refractivity contribution in [3.63, 3.8) is 0 Å². The van der Waals surface area contributed by atoms with Crippen LogP contribution in [-0.4, -0.2) is 33.7 Å². The Hall–Kier alpha value is -3.22. The second-order valence-corrected chi connectivity index (χ2v) is 7.60. The first kappa shape index (κ1) is 23.1. The average molecular weight is 412 g/mol. The molecule has 0 aliphatic rings. The number of hydrogen-bond donors (Lipinski definition) is 1. The fourth-order valence-electron chi connectivity index (χ4n) is 3.37. The van der Waals surface area contributed by atoms with Crippen LogP contribution in [0.4, 0.5) is 5.69 Å². The zero-order valence-electron chi connectivity index (χ0n) is 17.9. The van der Waals surface area contributed by atoms with Gasteiger partial charge in [0, 0.05) is 24.2 Å². The Morgan fingerprint density at radius 3 is 2.23 bits per heavy atom. The van der Waals surface area contributed by atoms with Crippen LogP contribution in [0.1, 0.15) is 43.9 Å². The SMILES string of the molecule is CC[C@H](C(=O)NC(C)C)N(Cc1ccccc1C)C(=O)Cc1ccccc1[N+](=O)[O-]. The number of aryl methyl sites for hydroxylation is 1. The maximum absolute atomic E-state index is 13.3. The summed E-state index contributed by atoms with van der Waals surface area (Å²) < 4.78 is 0. The lowest BCUT2D eigenvalue weighted by molar-refractivity contribution is -0.385. The first-order valence-electron chi connectivity index (χ1n) is 10.1. The Labute approximate surface area is 177 Å². The van der Waals surface area contributed by atoms with Gasteiger partial charge in [0.05, 0.1) is 11.3 Å². The molecule has 0 aromatic heterocycles. The van der Waals surface area contributed by atoms with Gasteiger partial charge in [-0.15, -0.1) is 0 Å². The molecule has 0 saturated carbocycles. The minimum atomic E-state index is -0.665. The van der Waals surface area contributed by atoms with E-state index in [9.17, 15) is 19.7 Å². The highest BCUT2D eigenvalue weighted by atomic mass is 16.6. The Morgan fingerprint density at radius 2 is 1.67 bits per heavy atom. The maximum Gasteiger partial charge on any atom is 0.273 e. The second-order valence-electron chi connectivity index (χ2n) is 7.60. The lowest BCUT2D eigenvalue weighted by Gasteiger charge is -2.31. The molecule has 0 bridgehead atoms. The molecule has 7 heteroatoms. The van der Waals surface area contributed by atoms with Crippen LogP contribution in [0.3, 0.4) is 0 Å². The summed E-state index contributed by atoms with van der Waals surface area (Å²) in [4.78, 5) is 38.5. The number of nitrogens with zero attached hydrogens (tertiary/aromatic N) is 2. The van der Waals surface area contributed by atoms with Crippen molar-refractivity contribution in [3.05, 3.63) is 75.3 Å². The van der Waals surface area contributed by atoms with Crippen molar-refractivity contribution in [3.8, 4) is 0 Å². The van der Waals surface area contributed by atoms with Gasteiger partial charge in [0.25, 0.3) is 5.69 Å². The summed E-state index contributed by atoms with van der Waals surface area (Å²) >= 11 is 0. The van der Waals surface area contributed by atoms with Crippen LogP contribution in [0.2, 0.25) is 0 Å². The Bertz CT molecular complexity index is 911. The summed E-state index contributed by atoms with van der Waals surface area (Å²) in [5, 5.41) is 14.2. The fourth-order valence-corrected chi connectivity index (χ4v) is 3.37.